The van der Waals surface area contributed by atoms with Crippen LogP contribution in [0.1, 0.15) is 6.92 Å². The number of ether oxygens (including phenoxy) is 2. The lowest BCUT2D eigenvalue weighted by atomic mass is 10.4. The van der Waals surface area contributed by atoms with Crippen LogP contribution in [0.3, 0.4) is 0 Å². The molecule has 0 aliphatic rings. The summed E-state index contributed by atoms with van der Waals surface area (Å²) in [5.41, 5.74) is 1.93. The predicted octanol–water partition coefficient (Wildman–Crippen LogP) is 0.529. The number of nitrogens with one attached hydrogen (secondary N) is 1. The van der Waals surface area contributed by atoms with E-state index in [1.54, 1.807) is 5.48 Å². The van der Waals surface area contributed by atoms with Gasteiger partial charge in [-0.3, -0.25) is 0 Å². The van der Waals surface area contributed by atoms with Gasteiger partial charge in [0, 0.05) is 5.57 Å². The van der Waals surface area contributed by atoms with Crippen molar-refractivity contribution >= 4 is 29.6 Å². The van der Waals surface area contributed by atoms with Crippen LogP contribution in [0.15, 0.2) is 12.2 Å². The molecule has 0 rings (SSSR count). The fourth-order valence-corrected chi connectivity index (χ4v) is 0.602. The van der Waals surface area contributed by atoms with Gasteiger partial charge in [0.05, 0.1) is 0 Å². The molecule has 1 N–H and O–H groups in total. The molecule has 0 aliphatic heterocycles. The Morgan fingerprint density at radius 3 is 2.35 bits per heavy atom. The summed E-state index contributed by atoms with van der Waals surface area (Å²) in [6, 6.07) is 0. The predicted molar refractivity (Wildman–Crippen MR) is 57.1 cm³/mol. The molecule has 0 bridgehead atoms. The number of alkyl halides is 1. The maximum Gasteiger partial charge on any atom is 0.440 e. The molecular formula is C9H12ClNO6. The molecule has 0 radical (unpaired) electrons. The Hall–Kier alpha value is -1.76. The normalized spacial score (nSPS) is 9.06. The molecule has 0 saturated carbocycles. The summed E-state index contributed by atoms with van der Waals surface area (Å²) >= 11 is 5.09. The number of rotatable bonds is 5. The van der Waals surface area contributed by atoms with Crippen LogP contribution in [0, 0.1) is 0 Å². The number of hydroxylamine groups is 1. The lowest BCUT2D eigenvalue weighted by molar-refractivity contribution is -0.146. The van der Waals surface area contributed by atoms with E-state index in [2.05, 4.69) is 20.9 Å². The lowest BCUT2D eigenvalue weighted by Crippen LogP contribution is -2.29. The molecule has 0 heterocycles. The second kappa shape index (κ2) is 8.40. The van der Waals surface area contributed by atoms with Crippen LogP contribution in [0.2, 0.25) is 0 Å². The maximum absolute atomic E-state index is 10.9. The van der Waals surface area contributed by atoms with E-state index in [1.165, 1.54) is 6.92 Å². The highest BCUT2D eigenvalue weighted by Crippen LogP contribution is 1.91. The Bertz CT molecular complexity index is 317. The van der Waals surface area contributed by atoms with Crippen molar-refractivity contribution in [3.05, 3.63) is 12.2 Å². The molecule has 0 aliphatic carbocycles. The highest BCUT2D eigenvalue weighted by atomic mass is 35.5. The number of carbonyl (C=O) groups is 3. The number of carbonyl (C=O) groups excluding carboxylic acids is 3. The van der Waals surface area contributed by atoms with E-state index in [9.17, 15) is 14.4 Å². The number of amides is 1. The van der Waals surface area contributed by atoms with Gasteiger partial charge in [-0.1, -0.05) is 6.58 Å². The molecule has 0 fully saturated rings. The van der Waals surface area contributed by atoms with Crippen molar-refractivity contribution in [1.82, 2.24) is 5.48 Å². The standard InChI is InChI=1S/C9H12ClNO6/c1-6(2)8(13)15-3-4-16-9(14)11-17-7(12)5-10/h1,3-5H2,2H3,(H,11,14). The fraction of sp³-hybridized carbons (Fsp3) is 0.444. The first kappa shape index (κ1) is 15.2. The molecule has 0 aromatic carbocycles. The molecule has 17 heavy (non-hydrogen) atoms. The number of esters is 1. The highest BCUT2D eigenvalue weighted by Gasteiger charge is 2.07. The van der Waals surface area contributed by atoms with Gasteiger partial charge in [-0.25, -0.2) is 14.4 Å². The van der Waals surface area contributed by atoms with Crippen molar-refractivity contribution in [2.45, 2.75) is 6.92 Å². The van der Waals surface area contributed by atoms with E-state index in [1.807, 2.05) is 0 Å². The third-order valence-electron chi connectivity index (χ3n) is 1.26. The average Bonchev–Trinajstić information content (AvgIpc) is 2.30. The fourth-order valence-electron chi connectivity index (χ4n) is 0.547. The SMILES string of the molecule is C=C(C)C(=O)OCCOC(=O)NOC(=O)CCl. The van der Waals surface area contributed by atoms with E-state index in [4.69, 9.17) is 11.6 Å². The molecule has 0 aromatic rings. The molecule has 0 aromatic heterocycles. The Morgan fingerprint density at radius 1 is 1.24 bits per heavy atom. The minimum absolute atomic E-state index is 0.122. The zero-order valence-corrected chi connectivity index (χ0v) is 9.91. The first-order valence-electron chi connectivity index (χ1n) is 4.48. The van der Waals surface area contributed by atoms with Gasteiger partial charge in [0.25, 0.3) is 0 Å². The maximum atomic E-state index is 10.9. The molecule has 0 saturated heterocycles. The Labute approximate surface area is 103 Å². The molecule has 0 atom stereocenters. The summed E-state index contributed by atoms with van der Waals surface area (Å²) in [6.07, 6.45) is -0.991. The Morgan fingerprint density at radius 2 is 1.82 bits per heavy atom. The van der Waals surface area contributed by atoms with Crippen molar-refractivity contribution in [2.24, 2.45) is 0 Å². The van der Waals surface area contributed by atoms with Gasteiger partial charge in [0.2, 0.25) is 0 Å². The Kier molecular flexibility index (Phi) is 7.53. The summed E-state index contributed by atoms with van der Waals surface area (Å²) in [5, 5.41) is 0. The van der Waals surface area contributed by atoms with Crippen LogP contribution in [-0.4, -0.2) is 37.1 Å². The topological polar surface area (TPSA) is 90.9 Å². The van der Waals surface area contributed by atoms with Gasteiger partial charge >= 0.3 is 18.0 Å². The molecule has 96 valence electrons. The average molecular weight is 266 g/mol. The van der Waals surface area contributed by atoms with Gasteiger partial charge in [0.1, 0.15) is 19.1 Å². The zero-order valence-electron chi connectivity index (χ0n) is 9.16. The van der Waals surface area contributed by atoms with E-state index < -0.39 is 23.9 Å². The van der Waals surface area contributed by atoms with E-state index in [0.717, 1.165) is 0 Å². The van der Waals surface area contributed by atoms with Crippen LogP contribution >= 0.6 is 11.6 Å². The van der Waals surface area contributed by atoms with Crippen LogP contribution in [0.4, 0.5) is 4.79 Å². The largest absolute Gasteiger partial charge is 0.459 e. The number of hydrogen-bond acceptors (Lipinski definition) is 6. The van der Waals surface area contributed by atoms with Gasteiger partial charge in [0.15, 0.2) is 0 Å². The highest BCUT2D eigenvalue weighted by molar-refractivity contribution is 6.26. The smallest absolute Gasteiger partial charge is 0.440 e. The monoisotopic (exact) mass is 265 g/mol. The minimum Gasteiger partial charge on any atom is -0.459 e. The summed E-state index contributed by atoms with van der Waals surface area (Å²) in [4.78, 5) is 36.4. The quantitative estimate of drug-likeness (QED) is 0.195. The first-order chi connectivity index (χ1) is 7.97. The molecule has 8 heteroatoms. The van der Waals surface area contributed by atoms with E-state index in [-0.39, 0.29) is 18.8 Å². The van der Waals surface area contributed by atoms with Gasteiger partial charge < -0.3 is 14.3 Å². The number of halogens is 1. The third kappa shape index (κ3) is 8.09. The van der Waals surface area contributed by atoms with E-state index >= 15 is 0 Å². The van der Waals surface area contributed by atoms with Crippen LogP contribution in [0.5, 0.6) is 0 Å². The van der Waals surface area contributed by atoms with Gasteiger partial charge in [-0.15, -0.1) is 17.1 Å². The minimum atomic E-state index is -0.991. The summed E-state index contributed by atoms with van der Waals surface area (Å²) in [6.45, 7) is 4.55. The third-order valence-corrected chi connectivity index (χ3v) is 1.47. The molecule has 0 unspecified atom stereocenters. The number of hydrogen-bond donors (Lipinski definition) is 1. The van der Waals surface area contributed by atoms with Crippen molar-refractivity contribution < 1.29 is 28.7 Å². The van der Waals surface area contributed by atoms with Gasteiger partial charge in [-0.2, -0.15) is 0 Å². The summed E-state index contributed by atoms with van der Waals surface area (Å²) in [7, 11) is 0. The summed E-state index contributed by atoms with van der Waals surface area (Å²) in [5.74, 6) is -1.80. The lowest BCUT2D eigenvalue weighted by Gasteiger charge is -2.06. The van der Waals surface area contributed by atoms with Crippen molar-refractivity contribution in [2.75, 3.05) is 19.1 Å². The van der Waals surface area contributed by atoms with Crippen molar-refractivity contribution in [3.63, 3.8) is 0 Å². The molecule has 1 amide bonds. The second-order valence-electron chi connectivity index (χ2n) is 2.76. The molecule has 0 spiro atoms. The van der Waals surface area contributed by atoms with Crippen LogP contribution in [0.25, 0.3) is 0 Å². The molecule has 7 nitrogen and oxygen atoms in total. The van der Waals surface area contributed by atoms with E-state index in [0.29, 0.717) is 0 Å². The first-order valence-corrected chi connectivity index (χ1v) is 5.02. The van der Waals surface area contributed by atoms with Gasteiger partial charge in [-0.05, 0) is 6.92 Å². The Balaban J connectivity index is 3.55. The van der Waals surface area contributed by atoms with Crippen LogP contribution < -0.4 is 5.48 Å². The second-order valence-corrected chi connectivity index (χ2v) is 3.03. The van der Waals surface area contributed by atoms with Crippen molar-refractivity contribution in [1.29, 1.82) is 0 Å². The van der Waals surface area contributed by atoms with Crippen molar-refractivity contribution in [3.8, 4) is 0 Å². The molecular weight excluding hydrogens is 254 g/mol. The summed E-state index contributed by atoms with van der Waals surface area (Å²) < 4.78 is 9.12. The van der Waals surface area contributed by atoms with Crippen LogP contribution in [-0.2, 0) is 23.9 Å². The zero-order chi connectivity index (χ0) is 13.3.